The van der Waals surface area contributed by atoms with Gasteiger partial charge in [0, 0.05) is 17.8 Å². The van der Waals surface area contributed by atoms with Gasteiger partial charge in [-0.2, -0.15) is 0 Å². The molecule has 0 N–H and O–H groups in total. The standard InChI is InChI=1S/C12H17N/c1-10(2)7-8-11(3)12-6-4-5-9-13-12/h4-7,9,11H,8H2,1-3H3/t11-/m1/s1. The second-order valence-electron chi connectivity index (χ2n) is 3.67. The van der Waals surface area contributed by atoms with Crippen molar-refractivity contribution in [1.82, 2.24) is 4.98 Å². The number of hydrogen-bond acceptors (Lipinski definition) is 1. The Morgan fingerprint density at radius 3 is 2.77 bits per heavy atom. The monoisotopic (exact) mass is 175 g/mol. The van der Waals surface area contributed by atoms with Gasteiger partial charge in [0.25, 0.3) is 0 Å². The first-order chi connectivity index (χ1) is 6.20. The second-order valence-corrected chi connectivity index (χ2v) is 3.67. The molecule has 0 bridgehead atoms. The number of pyridine rings is 1. The SMILES string of the molecule is CC(C)=CC[C@@H](C)c1ccccn1. The van der Waals surface area contributed by atoms with E-state index in [-0.39, 0.29) is 0 Å². The van der Waals surface area contributed by atoms with Crippen molar-refractivity contribution in [3.63, 3.8) is 0 Å². The fourth-order valence-corrected chi connectivity index (χ4v) is 1.20. The van der Waals surface area contributed by atoms with Crippen LogP contribution in [0.3, 0.4) is 0 Å². The largest absolute Gasteiger partial charge is 0.261 e. The van der Waals surface area contributed by atoms with Crippen molar-refractivity contribution in [3.05, 3.63) is 41.7 Å². The molecule has 0 fully saturated rings. The van der Waals surface area contributed by atoms with Crippen LogP contribution in [0.4, 0.5) is 0 Å². The molecule has 0 saturated heterocycles. The Hall–Kier alpha value is -1.11. The maximum Gasteiger partial charge on any atom is 0.0434 e. The van der Waals surface area contributed by atoms with Crippen molar-refractivity contribution in [3.8, 4) is 0 Å². The summed E-state index contributed by atoms with van der Waals surface area (Å²) in [6, 6.07) is 6.09. The number of rotatable bonds is 3. The molecule has 0 spiro atoms. The Balaban J connectivity index is 2.59. The quantitative estimate of drug-likeness (QED) is 0.640. The van der Waals surface area contributed by atoms with Gasteiger partial charge in [-0.25, -0.2) is 0 Å². The summed E-state index contributed by atoms with van der Waals surface area (Å²) in [7, 11) is 0. The van der Waals surface area contributed by atoms with Crippen LogP contribution in [0.1, 0.15) is 38.8 Å². The third-order valence-electron chi connectivity index (χ3n) is 2.07. The molecule has 1 aromatic heterocycles. The van der Waals surface area contributed by atoms with E-state index in [9.17, 15) is 0 Å². The Morgan fingerprint density at radius 2 is 2.23 bits per heavy atom. The predicted octanol–water partition coefficient (Wildman–Crippen LogP) is 3.54. The number of hydrogen-bond donors (Lipinski definition) is 0. The van der Waals surface area contributed by atoms with Crippen LogP contribution in [0.25, 0.3) is 0 Å². The highest BCUT2D eigenvalue weighted by Crippen LogP contribution is 2.17. The van der Waals surface area contributed by atoms with Crippen molar-refractivity contribution in [1.29, 1.82) is 0 Å². The lowest BCUT2D eigenvalue weighted by Crippen LogP contribution is -1.94. The molecule has 0 unspecified atom stereocenters. The van der Waals surface area contributed by atoms with E-state index in [1.54, 1.807) is 0 Å². The molecule has 0 aliphatic rings. The highest BCUT2D eigenvalue weighted by atomic mass is 14.7. The van der Waals surface area contributed by atoms with Gasteiger partial charge in [0.2, 0.25) is 0 Å². The summed E-state index contributed by atoms with van der Waals surface area (Å²) in [4.78, 5) is 4.33. The van der Waals surface area contributed by atoms with Crippen LogP contribution >= 0.6 is 0 Å². The molecule has 1 heterocycles. The Bertz CT molecular complexity index is 270. The molecule has 0 aromatic carbocycles. The van der Waals surface area contributed by atoms with E-state index in [0.29, 0.717) is 5.92 Å². The minimum Gasteiger partial charge on any atom is -0.261 e. The van der Waals surface area contributed by atoms with Gasteiger partial charge in [0.1, 0.15) is 0 Å². The first kappa shape index (κ1) is 9.97. The Kier molecular flexibility index (Phi) is 3.69. The van der Waals surface area contributed by atoms with Gasteiger partial charge in [0.15, 0.2) is 0 Å². The molecule has 0 amide bonds. The molecule has 1 heteroatoms. The fraction of sp³-hybridized carbons (Fsp3) is 0.417. The van der Waals surface area contributed by atoms with Crippen LogP contribution in [0.2, 0.25) is 0 Å². The minimum absolute atomic E-state index is 0.524. The number of aromatic nitrogens is 1. The molecule has 1 atom stereocenters. The van der Waals surface area contributed by atoms with Gasteiger partial charge in [-0.1, -0.05) is 24.6 Å². The molecule has 0 aliphatic carbocycles. The molecule has 1 nitrogen and oxygen atoms in total. The van der Waals surface area contributed by atoms with Gasteiger partial charge in [0.05, 0.1) is 0 Å². The summed E-state index contributed by atoms with van der Waals surface area (Å²) < 4.78 is 0. The van der Waals surface area contributed by atoms with Crippen molar-refractivity contribution < 1.29 is 0 Å². The van der Waals surface area contributed by atoms with Gasteiger partial charge in [-0.05, 0) is 32.4 Å². The minimum atomic E-state index is 0.524. The summed E-state index contributed by atoms with van der Waals surface area (Å²) in [6.07, 6.45) is 5.20. The van der Waals surface area contributed by atoms with Crippen LogP contribution < -0.4 is 0 Å². The predicted molar refractivity (Wildman–Crippen MR) is 56.7 cm³/mol. The lowest BCUT2D eigenvalue weighted by molar-refractivity contribution is 0.746. The van der Waals surface area contributed by atoms with E-state index >= 15 is 0 Å². The van der Waals surface area contributed by atoms with Crippen molar-refractivity contribution in [2.24, 2.45) is 0 Å². The van der Waals surface area contributed by atoms with Gasteiger partial charge >= 0.3 is 0 Å². The summed E-state index contributed by atoms with van der Waals surface area (Å²) in [5, 5.41) is 0. The maximum atomic E-state index is 4.33. The number of allylic oxidation sites excluding steroid dienone is 2. The van der Waals surface area contributed by atoms with Gasteiger partial charge in [-0.15, -0.1) is 0 Å². The Morgan fingerprint density at radius 1 is 1.46 bits per heavy atom. The summed E-state index contributed by atoms with van der Waals surface area (Å²) in [5.74, 6) is 0.524. The molecule has 0 aliphatic heterocycles. The Labute approximate surface area is 80.5 Å². The van der Waals surface area contributed by atoms with E-state index in [0.717, 1.165) is 6.42 Å². The number of nitrogens with zero attached hydrogens (tertiary/aromatic N) is 1. The van der Waals surface area contributed by atoms with Crippen LogP contribution in [0.15, 0.2) is 36.0 Å². The first-order valence-electron chi connectivity index (χ1n) is 4.74. The molecule has 1 aromatic rings. The molecule has 1 rings (SSSR count). The smallest absolute Gasteiger partial charge is 0.0434 e. The molecule has 0 radical (unpaired) electrons. The van der Waals surface area contributed by atoms with E-state index in [1.807, 2.05) is 18.3 Å². The average molecular weight is 175 g/mol. The van der Waals surface area contributed by atoms with Crippen LogP contribution in [-0.4, -0.2) is 4.98 Å². The van der Waals surface area contributed by atoms with Crippen LogP contribution in [0, 0.1) is 0 Å². The van der Waals surface area contributed by atoms with Crippen molar-refractivity contribution in [2.75, 3.05) is 0 Å². The lowest BCUT2D eigenvalue weighted by Gasteiger charge is -2.07. The lowest BCUT2D eigenvalue weighted by atomic mass is 10.0. The molecule has 13 heavy (non-hydrogen) atoms. The normalized spacial score (nSPS) is 12.2. The third-order valence-corrected chi connectivity index (χ3v) is 2.07. The van der Waals surface area contributed by atoms with Gasteiger partial charge in [-0.3, -0.25) is 4.98 Å². The molecular formula is C12H17N. The van der Waals surface area contributed by atoms with E-state index in [1.165, 1.54) is 11.3 Å². The van der Waals surface area contributed by atoms with E-state index < -0.39 is 0 Å². The zero-order valence-electron chi connectivity index (χ0n) is 8.62. The van der Waals surface area contributed by atoms with Crippen molar-refractivity contribution in [2.45, 2.75) is 33.1 Å². The van der Waals surface area contributed by atoms with Crippen LogP contribution in [-0.2, 0) is 0 Å². The van der Waals surface area contributed by atoms with Crippen LogP contribution in [0.5, 0.6) is 0 Å². The van der Waals surface area contributed by atoms with Gasteiger partial charge < -0.3 is 0 Å². The molecular weight excluding hydrogens is 158 g/mol. The van der Waals surface area contributed by atoms with E-state index in [2.05, 4.69) is 37.9 Å². The fourth-order valence-electron chi connectivity index (χ4n) is 1.20. The maximum absolute atomic E-state index is 4.33. The topological polar surface area (TPSA) is 12.9 Å². The third kappa shape index (κ3) is 3.41. The first-order valence-corrected chi connectivity index (χ1v) is 4.74. The summed E-state index contributed by atoms with van der Waals surface area (Å²) in [6.45, 7) is 6.47. The second kappa shape index (κ2) is 4.80. The zero-order chi connectivity index (χ0) is 9.68. The highest BCUT2D eigenvalue weighted by molar-refractivity contribution is 5.10. The summed E-state index contributed by atoms with van der Waals surface area (Å²) >= 11 is 0. The average Bonchev–Trinajstić information content (AvgIpc) is 2.15. The molecule has 70 valence electrons. The zero-order valence-corrected chi connectivity index (χ0v) is 8.62. The highest BCUT2D eigenvalue weighted by Gasteiger charge is 2.03. The van der Waals surface area contributed by atoms with Crippen molar-refractivity contribution >= 4 is 0 Å². The van der Waals surface area contributed by atoms with E-state index in [4.69, 9.17) is 0 Å². The molecule has 0 saturated carbocycles. The summed E-state index contributed by atoms with van der Waals surface area (Å²) in [5.41, 5.74) is 2.56.